The summed E-state index contributed by atoms with van der Waals surface area (Å²) >= 11 is 0. The first-order valence-corrected chi connectivity index (χ1v) is 6.71. The van der Waals surface area contributed by atoms with Gasteiger partial charge in [-0.1, -0.05) is 24.6 Å². The summed E-state index contributed by atoms with van der Waals surface area (Å²) in [4.78, 5) is 4.44. The highest BCUT2D eigenvalue weighted by molar-refractivity contribution is 5.74. The number of benzene rings is 1. The molecule has 3 rings (SSSR count). The molecule has 19 heavy (non-hydrogen) atoms. The van der Waals surface area contributed by atoms with Crippen molar-refractivity contribution >= 4 is 5.69 Å². The molecule has 0 aliphatic carbocycles. The fourth-order valence-electron chi connectivity index (χ4n) is 2.14. The molecule has 5 heteroatoms. The van der Waals surface area contributed by atoms with Crippen LogP contribution in [-0.2, 0) is 6.42 Å². The molecule has 0 radical (unpaired) electrons. The van der Waals surface area contributed by atoms with Crippen molar-refractivity contribution in [2.45, 2.75) is 26.2 Å². The van der Waals surface area contributed by atoms with Gasteiger partial charge in [-0.05, 0) is 18.6 Å². The van der Waals surface area contributed by atoms with E-state index in [9.17, 15) is 0 Å². The summed E-state index contributed by atoms with van der Waals surface area (Å²) in [7, 11) is 0. The van der Waals surface area contributed by atoms with E-state index in [4.69, 9.17) is 9.26 Å². The lowest BCUT2D eigenvalue weighted by atomic mass is 10.1. The lowest BCUT2D eigenvalue weighted by Gasteiger charge is -2.20. The maximum atomic E-state index is 5.71. The standard InChI is InChI=1S/C14H17N3O2/c1-2-3-7-12-16-14(19-17-12)10-5-4-6-11-13(10)18-9-8-15-11/h4-6,15H,2-3,7-9H2,1H3. The molecular weight excluding hydrogens is 242 g/mol. The Morgan fingerprint density at radius 3 is 3.21 bits per heavy atom. The zero-order chi connectivity index (χ0) is 13.1. The number of aromatic nitrogens is 2. The van der Waals surface area contributed by atoms with Crippen LogP contribution in [0.1, 0.15) is 25.6 Å². The van der Waals surface area contributed by atoms with Gasteiger partial charge in [0.05, 0.1) is 11.3 Å². The topological polar surface area (TPSA) is 60.2 Å². The van der Waals surface area contributed by atoms with Crippen molar-refractivity contribution in [3.8, 4) is 17.2 Å². The Bertz CT molecular complexity index is 566. The van der Waals surface area contributed by atoms with Gasteiger partial charge in [0.2, 0.25) is 0 Å². The number of ether oxygens (including phenoxy) is 1. The van der Waals surface area contributed by atoms with Crippen LogP contribution in [0.2, 0.25) is 0 Å². The summed E-state index contributed by atoms with van der Waals surface area (Å²) in [6.07, 6.45) is 3.05. The van der Waals surface area contributed by atoms with Crippen molar-refractivity contribution in [3.63, 3.8) is 0 Å². The lowest BCUT2D eigenvalue weighted by molar-refractivity contribution is 0.322. The third-order valence-corrected chi connectivity index (χ3v) is 3.13. The number of anilines is 1. The van der Waals surface area contributed by atoms with Gasteiger partial charge in [0.15, 0.2) is 11.6 Å². The van der Waals surface area contributed by atoms with Crippen LogP contribution in [0.25, 0.3) is 11.5 Å². The van der Waals surface area contributed by atoms with Crippen molar-refractivity contribution in [1.29, 1.82) is 0 Å². The number of nitrogens with one attached hydrogen (secondary N) is 1. The van der Waals surface area contributed by atoms with E-state index < -0.39 is 0 Å². The number of rotatable bonds is 4. The molecule has 2 heterocycles. The Morgan fingerprint density at radius 2 is 2.32 bits per heavy atom. The first-order valence-electron chi connectivity index (χ1n) is 6.71. The number of fused-ring (bicyclic) bond motifs is 1. The molecular formula is C14H17N3O2. The van der Waals surface area contributed by atoms with Gasteiger partial charge in [-0.3, -0.25) is 0 Å². The second kappa shape index (κ2) is 5.30. The average molecular weight is 259 g/mol. The zero-order valence-corrected chi connectivity index (χ0v) is 11.0. The zero-order valence-electron chi connectivity index (χ0n) is 11.0. The Morgan fingerprint density at radius 1 is 1.37 bits per heavy atom. The van der Waals surface area contributed by atoms with E-state index in [1.807, 2.05) is 18.2 Å². The number of hydrogen-bond acceptors (Lipinski definition) is 5. The molecule has 0 bridgehead atoms. The van der Waals surface area contributed by atoms with E-state index in [1.165, 1.54) is 0 Å². The highest BCUT2D eigenvalue weighted by atomic mass is 16.5. The summed E-state index contributed by atoms with van der Waals surface area (Å²) in [6, 6.07) is 5.90. The summed E-state index contributed by atoms with van der Waals surface area (Å²) < 4.78 is 11.1. The second-order valence-electron chi connectivity index (χ2n) is 4.58. The van der Waals surface area contributed by atoms with Crippen LogP contribution in [0.15, 0.2) is 22.7 Å². The van der Waals surface area contributed by atoms with E-state index in [0.717, 1.165) is 48.6 Å². The van der Waals surface area contributed by atoms with Crippen LogP contribution in [0, 0.1) is 0 Å². The Kier molecular flexibility index (Phi) is 3.35. The molecule has 100 valence electrons. The highest BCUT2D eigenvalue weighted by Gasteiger charge is 2.19. The molecule has 1 aliphatic heterocycles. The van der Waals surface area contributed by atoms with Crippen molar-refractivity contribution in [3.05, 3.63) is 24.0 Å². The molecule has 0 spiro atoms. The van der Waals surface area contributed by atoms with Crippen LogP contribution in [-0.4, -0.2) is 23.3 Å². The van der Waals surface area contributed by atoms with Crippen LogP contribution >= 0.6 is 0 Å². The van der Waals surface area contributed by atoms with Gasteiger partial charge in [0.1, 0.15) is 6.61 Å². The number of aryl methyl sites for hydroxylation is 1. The minimum atomic E-state index is 0.534. The number of unbranched alkanes of at least 4 members (excludes halogenated alkanes) is 1. The predicted octanol–water partition coefficient (Wildman–Crippen LogP) is 2.88. The molecule has 0 amide bonds. The van der Waals surface area contributed by atoms with E-state index in [0.29, 0.717) is 12.5 Å². The summed E-state index contributed by atoms with van der Waals surface area (Å²) in [5.41, 5.74) is 1.84. The third kappa shape index (κ3) is 2.41. The molecule has 1 N–H and O–H groups in total. The first-order chi connectivity index (χ1) is 9.38. The van der Waals surface area contributed by atoms with Crippen molar-refractivity contribution in [2.75, 3.05) is 18.5 Å². The lowest BCUT2D eigenvalue weighted by Crippen LogP contribution is -2.18. The largest absolute Gasteiger partial charge is 0.489 e. The molecule has 0 atom stereocenters. The molecule has 1 aliphatic rings. The SMILES string of the molecule is CCCCc1noc(-c2cccc3c2OCCN3)n1. The van der Waals surface area contributed by atoms with Gasteiger partial charge < -0.3 is 14.6 Å². The fraction of sp³-hybridized carbons (Fsp3) is 0.429. The quantitative estimate of drug-likeness (QED) is 0.914. The number of para-hydroxylation sites is 1. The van der Waals surface area contributed by atoms with Gasteiger partial charge in [-0.15, -0.1) is 0 Å². The van der Waals surface area contributed by atoms with Crippen LogP contribution < -0.4 is 10.1 Å². The number of nitrogens with zero attached hydrogens (tertiary/aromatic N) is 2. The molecule has 0 saturated carbocycles. The second-order valence-corrected chi connectivity index (χ2v) is 4.58. The summed E-state index contributed by atoms with van der Waals surface area (Å²) in [5.74, 6) is 2.10. The van der Waals surface area contributed by atoms with Gasteiger partial charge in [-0.25, -0.2) is 0 Å². The van der Waals surface area contributed by atoms with Crippen molar-refractivity contribution in [2.24, 2.45) is 0 Å². The van der Waals surface area contributed by atoms with Crippen molar-refractivity contribution < 1.29 is 9.26 Å². The normalized spacial score (nSPS) is 13.5. The molecule has 5 nitrogen and oxygen atoms in total. The minimum absolute atomic E-state index is 0.534. The Hall–Kier alpha value is -2.04. The fourth-order valence-corrected chi connectivity index (χ4v) is 2.14. The highest BCUT2D eigenvalue weighted by Crippen LogP contribution is 2.37. The van der Waals surface area contributed by atoms with Crippen molar-refractivity contribution in [1.82, 2.24) is 10.1 Å². The predicted molar refractivity (Wildman–Crippen MR) is 72.3 cm³/mol. The van der Waals surface area contributed by atoms with Gasteiger partial charge in [-0.2, -0.15) is 4.98 Å². The molecule has 2 aromatic rings. The van der Waals surface area contributed by atoms with Crippen LogP contribution in [0.5, 0.6) is 5.75 Å². The monoisotopic (exact) mass is 259 g/mol. The minimum Gasteiger partial charge on any atom is -0.489 e. The maximum Gasteiger partial charge on any atom is 0.261 e. The summed E-state index contributed by atoms with van der Waals surface area (Å²) in [5, 5.41) is 7.32. The van der Waals surface area contributed by atoms with Gasteiger partial charge >= 0.3 is 0 Å². The molecule has 1 aromatic carbocycles. The Balaban J connectivity index is 1.91. The first kappa shape index (κ1) is 12.0. The maximum absolute atomic E-state index is 5.71. The van der Waals surface area contributed by atoms with Gasteiger partial charge in [0, 0.05) is 13.0 Å². The van der Waals surface area contributed by atoms with E-state index in [2.05, 4.69) is 22.4 Å². The molecule has 0 unspecified atom stereocenters. The third-order valence-electron chi connectivity index (χ3n) is 3.13. The molecule has 0 fully saturated rings. The molecule has 1 aromatic heterocycles. The van der Waals surface area contributed by atoms with Crippen LogP contribution in [0.4, 0.5) is 5.69 Å². The van der Waals surface area contributed by atoms with Crippen LogP contribution in [0.3, 0.4) is 0 Å². The van der Waals surface area contributed by atoms with E-state index >= 15 is 0 Å². The smallest absolute Gasteiger partial charge is 0.261 e. The van der Waals surface area contributed by atoms with E-state index in [1.54, 1.807) is 0 Å². The molecule has 0 saturated heterocycles. The average Bonchev–Trinajstić information content (AvgIpc) is 2.93. The Labute approximate surface area is 112 Å². The van der Waals surface area contributed by atoms with E-state index in [-0.39, 0.29) is 0 Å². The number of hydrogen-bond donors (Lipinski definition) is 1. The van der Waals surface area contributed by atoms with Gasteiger partial charge in [0.25, 0.3) is 5.89 Å². The summed E-state index contributed by atoms with van der Waals surface area (Å²) in [6.45, 7) is 3.62.